The van der Waals surface area contributed by atoms with E-state index < -0.39 is 18.7 Å². The van der Waals surface area contributed by atoms with Crippen molar-refractivity contribution < 1.29 is 24.5 Å². The molecule has 2 atom stereocenters. The maximum absolute atomic E-state index is 13.1. The Morgan fingerprint density at radius 2 is 2.00 bits per heavy atom. The number of nitrogens with zero attached hydrogens (tertiary/aromatic N) is 1. The average Bonchev–Trinajstić information content (AvgIpc) is 3.10. The van der Waals surface area contributed by atoms with Crippen LogP contribution in [0.5, 0.6) is 0 Å². The topological polar surface area (TPSA) is 87.1 Å². The number of carboxylic acid groups (broad SMARTS) is 1. The molecule has 1 unspecified atom stereocenters. The summed E-state index contributed by atoms with van der Waals surface area (Å²) in [7, 11) is 0. The van der Waals surface area contributed by atoms with Gasteiger partial charge >= 0.3 is 5.97 Å². The summed E-state index contributed by atoms with van der Waals surface area (Å²) in [6, 6.07) is 1.49. The van der Waals surface area contributed by atoms with Crippen molar-refractivity contribution in [3.8, 4) is 11.8 Å². The SMILES string of the molecule is CC(C)(C)C#Cc1cc(N2C(=O)[C@@H](CO)OCC2C2CCCCC2)c(C(=O)O)s1. The van der Waals surface area contributed by atoms with Gasteiger partial charge < -0.3 is 19.8 Å². The molecule has 1 aromatic heterocycles. The number of aromatic carboxylic acids is 1. The van der Waals surface area contributed by atoms with Crippen LogP contribution in [-0.2, 0) is 9.53 Å². The first kappa shape index (κ1) is 21.8. The zero-order valence-electron chi connectivity index (χ0n) is 17.2. The fraction of sp³-hybridized carbons (Fsp3) is 0.636. The van der Waals surface area contributed by atoms with Crippen molar-refractivity contribution in [3.05, 3.63) is 15.8 Å². The largest absolute Gasteiger partial charge is 0.477 e. The molecule has 0 aromatic carbocycles. The summed E-state index contributed by atoms with van der Waals surface area (Å²) in [5.41, 5.74) is 0.164. The van der Waals surface area contributed by atoms with Crippen LogP contribution >= 0.6 is 11.3 Å². The predicted octanol–water partition coefficient (Wildman–Crippen LogP) is 3.52. The highest BCUT2D eigenvalue weighted by molar-refractivity contribution is 7.15. The van der Waals surface area contributed by atoms with Crippen LogP contribution < -0.4 is 4.90 Å². The van der Waals surface area contributed by atoms with Gasteiger partial charge in [0.15, 0.2) is 6.10 Å². The molecule has 1 aliphatic carbocycles. The fourth-order valence-electron chi connectivity index (χ4n) is 4.00. The Bertz CT molecular complexity index is 822. The second-order valence-corrected chi connectivity index (χ2v) is 9.86. The molecule has 0 spiro atoms. The highest BCUT2D eigenvalue weighted by atomic mass is 32.1. The third-order valence-corrected chi connectivity index (χ3v) is 6.43. The molecule has 6 nitrogen and oxygen atoms in total. The van der Waals surface area contributed by atoms with Gasteiger partial charge in [-0.1, -0.05) is 31.1 Å². The molecule has 0 radical (unpaired) electrons. The summed E-state index contributed by atoms with van der Waals surface area (Å²) < 4.78 is 5.64. The van der Waals surface area contributed by atoms with E-state index in [1.807, 2.05) is 20.8 Å². The molecule has 1 amide bonds. The third-order valence-electron chi connectivity index (χ3n) is 5.40. The summed E-state index contributed by atoms with van der Waals surface area (Å²) in [4.78, 5) is 27.4. The van der Waals surface area contributed by atoms with E-state index in [1.165, 1.54) is 6.42 Å². The smallest absolute Gasteiger partial charge is 0.348 e. The molecular formula is C22H29NO5S. The highest BCUT2D eigenvalue weighted by Gasteiger charge is 2.42. The normalized spacial score (nSPS) is 23.6. The Hall–Kier alpha value is -1.88. The number of rotatable bonds is 4. The monoisotopic (exact) mass is 419 g/mol. The number of morpholine rings is 1. The molecule has 1 saturated carbocycles. The fourth-order valence-corrected chi connectivity index (χ4v) is 4.84. The van der Waals surface area contributed by atoms with Crippen molar-refractivity contribution in [3.63, 3.8) is 0 Å². The zero-order chi connectivity index (χ0) is 21.2. The number of hydrogen-bond donors (Lipinski definition) is 2. The number of carboxylic acids is 1. The van der Waals surface area contributed by atoms with Gasteiger partial charge in [0.05, 0.1) is 29.8 Å². The molecule has 7 heteroatoms. The minimum absolute atomic E-state index is 0.107. The number of aliphatic hydroxyl groups excluding tert-OH is 1. The molecule has 158 valence electrons. The number of carbonyl (C=O) groups is 2. The van der Waals surface area contributed by atoms with Crippen molar-refractivity contribution in [2.75, 3.05) is 18.1 Å². The van der Waals surface area contributed by atoms with Crippen LogP contribution in [0.25, 0.3) is 0 Å². The Morgan fingerprint density at radius 1 is 1.31 bits per heavy atom. The van der Waals surface area contributed by atoms with E-state index in [-0.39, 0.29) is 28.2 Å². The van der Waals surface area contributed by atoms with Crippen LogP contribution in [0.15, 0.2) is 6.07 Å². The van der Waals surface area contributed by atoms with Gasteiger partial charge in [-0.3, -0.25) is 4.79 Å². The Kier molecular flexibility index (Phi) is 6.67. The maximum atomic E-state index is 13.1. The van der Waals surface area contributed by atoms with Crippen LogP contribution in [0.1, 0.15) is 67.4 Å². The number of thiophene rings is 1. The Morgan fingerprint density at radius 3 is 2.59 bits per heavy atom. The molecule has 1 aromatic rings. The van der Waals surface area contributed by atoms with Gasteiger partial charge in [0, 0.05) is 5.41 Å². The van der Waals surface area contributed by atoms with Crippen LogP contribution in [0, 0.1) is 23.2 Å². The van der Waals surface area contributed by atoms with E-state index >= 15 is 0 Å². The van der Waals surface area contributed by atoms with Crippen molar-refractivity contribution in [1.29, 1.82) is 0 Å². The second kappa shape index (κ2) is 8.86. The van der Waals surface area contributed by atoms with Gasteiger partial charge in [-0.2, -0.15) is 0 Å². The van der Waals surface area contributed by atoms with E-state index in [9.17, 15) is 19.8 Å². The molecule has 2 aliphatic rings. The van der Waals surface area contributed by atoms with E-state index in [0.717, 1.165) is 37.0 Å². The van der Waals surface area contributed by atoms with E-state index in [2.05, 4.69) is 11.8 Å². The van der Waals surface area contributed by atoms with Crippen molar-refractivity contribution in [2.24, 2.45) is 11.3 Å². The summed E-state index contributed by atoms with van der Waals surface area (Å²) >= 11 is 1.09. The number of carbonyl (C=O) groups excluding carboxylic acids is 1. The molecule has 29 heavy (non-hydrogen) atoms. The number of aliphatic hydroxyl groups is 1. The van der Waals surface area contributed by atoms with Crippen molar-refractivity contribution in [2.45, 2.75) is 65.0 Å². The van der Waals surface area contributed by atoms with E-state index in [4.69, 9.17) is 4.74 Å². The zero-order valence-corrected chi connectivity index (χ0v) is 18.1. The van der Waals surface area contributed by atoms with Gasteiger partial charge in [-0.05, 0) is 45.6 Å². The first-order valence-electron chi connectivity index (χ1n) is 10.2. The molecule has 2 heterocycles. The lowest BCUT2D eigenvalue weighted by molar-refractivity contribution is -0.140. The standard InChI is InChI=1S/C22H29NO5S/c1-22(2,3)10-9-15-11-16(19(29-15)21(26)27)23-17(14-7-5-4-6-8-14)13-28-18(12-24)20(23)25/h11,14,17-18,24H,4-8,12-13H2,1-3H3,(H,26,27)/t17?,18-/m1/s1. The number of hydrogen-bond acceptors (Lipinski definition) is 5. The Balaban J connectivity index is 2.04. The summed E-state index contributed by atoms with van der Waals surface area (Å²) in [5, 5.41) is 19.4. The maximum Gasteiger partial charge on any atom is 0.348 e. The third kappa shape index (κ3) is 5.00. The molecule has 2 fully saturated rings. The van der Waals surface area contributed by atoms with Gasteiger partial charge in [0.2, 0.25) is 0 Å². The van der Waals surface area contributed by atoms with Crippen molar-refractivity contribution >= 4 is 28.9 Å². The first-order chi connectivity index (χ1) is 13.7. The lowest BCUT2D eigenvalue weighted by atomic mass is 9.82. The molecule has 3 rings (SSSR count). The molecule has 2 N–H and O–H groups in total. The van der Waals surface area contributed by atoms with Gasteiger partial charge in [-0.25, -0.2) is 4.79 Å². The van der Waals surface area contributed by atoms with Gasteiger partial charge in [-0.15, -0.1) is 11.3 Å². The minimum Gasteiger partial charge on any atom is -0.477 e. The molecular weight excluding hydrogens is 390 g/mol. The number of anilines is 1. The molecule has 1 aliphatic heterocycles. The Labute approximate surface area is 175 Å². The minimum atomic E-state index is -1.07. The summed E-state index contributed by atoms with van der Waals surface area (Å²) in [6.07, 6.45) is 4.41. The number of amides is 1. The summed E-state index contributed by atoms with van der Waals surface area (Å²) in [6.45, 7) is 5.85. The second-order valence-electron chi connectivity index (χ2n) is 8.81. The number of ether oxygens (including phenoxy) is 1. The average molecular weight is 420 g/mol. The van der Waals surface area contributed by atoms with Crippen LogP contribution in [-0.4, -0.2) is 47.4 Å². The van der Waals surface area contributed by atoms with Crippen LogP contribution in [0.2, 0.25) is 0 Å². The van der Waals surface area contributed by atoms with Crippen LogP contribution in [0.3, 0.4) is 0 Å². The lowest BCUT2D eigenvalue weighted by Crippen LogP contribution is -2.58. The molecule has 0 bridgehead atoms. The highest BCUT2D eigenvalue weighted by Crippen LogP contribution is 2.38. The molecule has 1 saturated heterocycles. The van der Waals surface area contributed by atoms with Crippen LogP contribution in [0.4, 0.5) is 5.69 Å². The predicted molar refractivity (Wildman–Crippen MR) is 112 cm³/mol. The lowest BCUT2D eigenvalue weighted by Gasteiger charge is -2.43. The summed E-state index contributed by atoms with van der Waals surface area (Å²) in [5.74, 6) is 5.00. The quantitative estimate of drug-likeness (QED) is 0.729. The van der Waals surface area contributed by atoms with Gasteiger partial charge in [0.1, 0.15) is 4.88 Å². The van der Waals surface area contributed by atoms with Gasteiger partial charge in [0.25, 0.3) is 5.91 Å². The van der Waals surface area contributed by atoms with E-state index in [1.54, 1.807) is 11.0 Å². The van der Waals surface area contributed by atoms with E-state index in [0.29, 0.717) is 17.2 Å². The van der Waals surface area contributed by atoms with Crippen molar-refractivity contribution in [1.82, 2.24) is 0 Å². The first-order valence-corrected chi connectivity index (χ1v) is 11.0.